The predicted octanol–water partition coefficient (Wildman–Crippen LogP) is 3.81. The molecule has 0 bridgehead atoms. The van der Waals surface area contributed by atoms with E-state index in [1.807, 2.05) is 56.3 Å². The second-order valence-corrected chi connectivity index (χ2v) is 4.92. The number of nitrogens with one attached hydrogen (secondary N) is 1. The van der Waals surface area contributed by atoms with Gasteiger partial charge in [-0.2, -0.15) is 0 Å². The number of benzene rings is 2. The maximum absolute atomic E-state index is 12.3. The quantitative estimate of drug-likeness (QED) is 0.699. The van der Waals surface area contributed by atoms with E-state index in [2.05, 4.69) is 4.98 Å². The molecule has 0 fully saturated rings. The van der Waals surface area contributed by atoms with E-state index in [1.54, 1.807) is 6.07 Å². The fourth-order valence-electron chi connectivity index (χ4n) is 2.55. The lowest BCUT2D eigenvalue weighted by Gasteiger charge is -2.07. The molecule has 3 rings (SSSR count). The molecule has 19 heavy (non-hydrogen) atoms. The Hall–Kier alpha value is -2.35. The van der Waals surface area contributed by atoms with E-state index in [0.29, 0.717) is 0 Å². The van der Waals surface area contributed by atoms with Crippen LogP contribution in [0.25, 0.3) is 22.2 Å². The predicted molar refractivity (Wildman–Crippen MR) is 79.5 cm³/mol. The van der Waals surface area contributed by atoms with Gasteiger partial charge < -0.3 is 4.98 Å². The Bertz CT molecular complexity index is 801. The van der Waals surface area contributed by atoms with Gasteiger partial charge in [-0.3, -0.25) is 4.79 Å². The molecular formula is C17H15NO. The number of rotatable bonds is 1. The number of pyridine rings is 1. The molecule has 0 aliphatic rings. The molecule has 0 aliphatic carbocycles. The van der Waals surface area contributed by atoms with E-state index >= 15 is 0 Å². The van der Waals surface area contributed by atoms with Crippen molar-refractivity contribution in [2.24, 2.45) is 0 Å². The average molecular weight is 249 g/mol. The zero-order valence-electron chi connectivity index (χ0n) is 11.0. The molecule has 0 aliphatic heterocycles. The highest BCUT2D eigenvalue weighted by Crippen LogP contribution is 2.20. The maximum atomic E-state index is 12.3. The highest BCUT2D eigenvalue weighted by molar-refractivity contribution is 5.85. The average Bonchev–Trinajstić information content (AvgIpc) is 2.38. The van der Waals surface area contributed by atoms with E-state index in [9.17, 15) is 4.79 Å². The molecule has 2 aromatic carbocycles. The van der Waals surface area contributed by atoms with E-state index in [0.717, 1.165) is 33.3 Å². The number of hydrogen-bond acceptors (Lipinski definition) is 1. The van der Waals surface area contributed by atoms with E-state index in [-0.39, 0.29) is 5.43 Å². The van der Waals surface area contributed by atoms with Crippen LogP contribution in [0, 0.1) is 13.8 Å². The Morgan fingerprint density at radius 3 is 2.42 bits per heavy atom. The second-order valence-electron chi connectivity index (χ2n) is 4.92. The minimum absolute atomic E-state index is 0.0742. The monoisotopic (exact) mass is 249 g/mol. The normalized spacial score (nSPS) is 10.8. The second kappa shape index (κ2) is 4.39. The van der Waals surface area contributed by atoms with Crippen molar-refractivity contribution in [1.29, 1.82) is 0 Å². The number of aromatic nitrogens is 1. The Balaban J connectivity index is 2.34. The minimum Gasteiger partial charge on any atom is -0.354 e. The Kier molecular flexibility index (Phi) is 2.71. The summed E-state index contributed by atoms with van der Waals surface area (Å²) >= 11 is 0. The molecule has 0 spiro atoms. The smallest absolute Gasteiger partial charge is 0.190 e. The molecule has 0 saturated heterocycles. The van der Waals surface area contributed by atoms with Crippen LogP contribution in [0.1, 0.15) is 11.1 Å². The lowest BCUT2D eigenvalue weighted by Crippen LogP contribution is -2.05. The van der Waals surface area contributed by atoms with Crippen molar-refractivity contribution < 1.29 is 0 Å². The van der Waals surface area contributed by atoms with Gasteiger partial charge in [0, 0.05) is 17.1 Å². The molecule has 0 atom stereocenters. The Morgan fingerprint density at radius 2 is 1.68 bits per heavy atom. The van der Waals surface area contributed by atoms with Crippen LogP contribution >= 0.6 is 0 Å². The van der Waals surface area contributed by atoms with Crippen molar-refractivity contribution in [3.05, 3.63) is 69.9 Å². The van der Waals surface area contributed by atoms with Gasteiger partial charge in [0.15, 0.2) is 5.43 Å². The summed E-state index contributed by atoms with van der Waals surface area (Å²) in [5, 5.41) is 0.783. The molecule has 94 valence electrons. The van der Waals surface area contributed by atoms with E-state index < -0.39 is 0 Å². The van der Waals surface area contributed by atoms with E-state index in [1.165, 1.54) is 0 Å². The number of fused-ring (bicyclic) bond motifs is 1. The van der Waals surface area contributed by atoms with Crippen molar-refractivity contribution in [1.82, 2.24) is 4.98 Å². The van der Waals surface area contributed by atoms with Crippen LogP contribution in [0.4, 0.5) is 0 Å². The molecule has 0 saturated carbocycles. The Morgan fingerprint density at radius 1 is 0.947 bits per heavy atom. The van der Waals surface area contributed by atoms with Crippen molar-refractivity contribution in [2.75, 3.05) is 0 Å². The van der Waals surface area contributed by atoms with Gasteiger partial charge >= 0.3 is 0 Å². The van der Waals surface area contributed by atoms with Crippen LogP contribution in [0.3, 0.4) is 0 Å². The molecule has 2 nitrogen and oxygen atoms in total. The summed E-state index contributed by atoms with van der Waals surface area (Å²) in [7, 11) is 0. The summed E-state index contributed by atoms with van der Waals surface area (Å²) in [4.78, 5) is 15.7. The Labute approximate surface area is 111 Å². The summed E-state index contributed by atoms with van der Waals surface area (Å²) in [6.07, 6.45) is 0. The van der Waals surface area contributed by atoms with Crippen molar-refractivity contribution in [3.8, 4) is 11.3 Å². The maximum Gasteiger partial charge on any atom is 0.190 e. The first-order valence-electron chi connectivity index (χ1n) is 6.35. The molecule has 2 heteroatoms. The summed E-state index contributed by atoms with van der Waals surface area (Å²) in [6.45, 7) is 4.02. The van der Waals surface area contributed by atoms with Gasteiger partial charge in [0.05, 0.1) is 5.52 Å². The zero-order valence-corrected chi connectivity index (χ0v) is 11.0. The first-order chi connectivity index (χ1) is 9.15. The van der Waals surface area contributed by atoms with Gasteiger partial charge in [0.25, 0.3) is 0 Å². The highest BCUT2D eigenvalue weighted by atomic mass is 16.1. The minimum atomic E-state index is 0.0742. The molecule has 0 unspecified atom stereocenters. The lowest BCUT2D eigenvalue weighted by atomic mass is 10.0. The molecule has 3 aromatic rings. The highest BCUT2D eigenvalue weighted by Gasteiger charge is 2.06. The van der Waals surface area contributed by atoms with Crippen molar-refractivity contribution in [2.45, 2.75) is 13.8 Å². The molecule has 0 radical (unpaired) electrons. The summed E-state index contributed by atoms with van der Waals surface area (Å²) < 4.78 is 0. The fourth-order valence-corrected chi connectivity index (χ4v) is 2.55. The van der Waals surface area contributed by atoms with Crippen LogP contribution < -0.4 is 5.43 Å². The lowest BCUT2D eigenvalue weighted by molar-refractivity contribution is 1.33. The number of H-pyrrole nitrogens is 1. The zero-order chi connectivity index (χ0) is 13.4. The largest absolute Gasteiger partial charge is 0.354 e. The van der Waals surface area contributed by atoms with Crippen LogP contribution in [0.2, 0.25) is 0 Å². The topological polar surface area (TPSA) is 32.9 Å². The molecule has 1 aromatic heterocycles. The van der Waals surface area contributed by atoms with Crippen LogP contribution in [0.5, 0.6) is 0 Å². The molecule has 1 heterocycles. The molecular weight excluding hydrogens is 234 g/mol. The summed E-state index contributed by atoms with van der Waals surface area (Å²) in [6, 6.07) is 15.7. The van der Waals surface area contributed by atoms with Gasteiger partial charge in [0.1, 0.15) is 0 Å². The number of aromatic amines is 1. The first-order valence-corrected chi connectivity index (χ1v) is 6.35. The van der Waals surface area contributed by atoms with Gasteiger partial charge in [-0.15, -0.1) is 0 Å². The standard InChI is InChI=1S/C17H15NO/c1-11-8-12(2)17-15(9-11)18-14(10-16(17)19)13-6-4-3-5-7-13/h3-10H,1-2H3,(H,18,19). The van der Waals surface area contributed by atoms with Crippen LogP contribution in [-0.2, 0) is 0 Å². The van der Waals surface area contributed by atoms with Crippen molar-refractivity contribution in [3.63, 3.8) is 0 Å². The third-order valence-corrected chi connectivity index (χ3v) is 3.36. The summed E-state index contributed by atoms with van der Waals surface area (Å²) in [5.41, 5.74) is 5.06. The van der Waals surface area contributed by atoms with Gasteiger partial charge in [-0.05, 0) is 36.6 Å². The van der Waals surface area contributed by atoms with Gasteiger partial charge in [-0.1, -0.05) is 36.4 Å². The van der Waals surface area contributed by atoms with Crippen LogP contribution in [0.15, 0.2) is 53.3 Å². The SMILES string of the molecule is Cc1cc(C)c2c(=O)cc(-c3ccccc3)[nH]c2c1. The number of hydrogen-bond donors (Lipinski definition) is 1. The van der Waals surface area contributed by atoms with E-state index in [4.69, 9.17) is 0 Å². The van der Waals surface area contributed by atoms with Gasteiger partial charge in [-0.25, -0.2) is 0 Å². The first kappa shape index (κ1) is 11.7. The van der Waals surface area contributed by atoms with Crippen LogP contribution in [-0.4, -0.2) is 4.98 Å². The third-order valence-electron chi connectivity index (χ3n) is 3.36. The van der Waals surface area contributed by atoms with Gasteiger partial charge in [0.2, 0.25) is 0 Å². The van der Waals surface area contributed by atoms with Crippen molar-refractivity contribution >= 4 is 10.9 Å². The molecule has 1 N–H and O–H groups in total. The molecule has 0 amide bonds. The summed E-state index contributed by atoms with van der Waals surface area (Å²) in [5.74, 6) is 0. The number of aryl methyl sites for hydroxylation is 2. The third kappa shape index (κ3) is 2.06. The fraction of sp³-hybridized carbons (Fsp3) is 0.118.